The zero-order valence-electron chi connectivity index (χ0n) is 15.3. The molecule has 8 heteroatoms. The van der Waals surface area contributed by atoms with Gasteiger partial charge in [-0.25, -0.2) is 0 Å². The molecular weight excluding hydrogens is 368 g/mol. The van der Waals surface area contributed by atoms with Gasteiger partial charge in [0.2, 0.25) is 0 Å². The van der Waals surface area contributed by atoms with Crippen molar-refractivity contribution in [3.05, 3.63) is 46.3 Å². The van der Waals surface area contributed by atoms with E-state index in [9.17, 15) is 9.59 Å². The number of hydrogen-bond acceptors (Lipinski definition) is 7. The van der Waals surface area contributed by atoms with Gasteiger partial charge in [0.15, 0.2) is 0 Å². The number of carbonyl (C=O) groups excluding carboxylic acids is 2. The molecule has 0 unspecified atom stereocenters. The molecule has 2 aromatic rings. The first-order valence-corrected chi connectivity index (χ1v) is 9.10. The molecule has 7 nitrogen and oxygen atoms in total. The van der Waals surface area contributed by atoms with E-state index in [1.54, 1.807) is 32.4 Å². The summed E-state index contributed by atoms with van der Waals surface area (Å²) in [6, 6.07) is 8.86. The fraction of sp³-hybridized carbons (Fsp3) is 0.263. The summed E-state index contributed by atoms with van der Waals surface area (Å²) in [6.45, 7) is 0.463. The Hall–Kier alpha value is -2.84. The van der Waals surface area contributed by atoms with Gasteiger partial charge in [-0.15, -0.1) is 11.3 Å². The number of amides is 2. The molecule has 0 radical (unpaired) electrons. The summed E-state index contributed by atoms with van der Waals surface area (Å²) in [4.78, 5) is 27.7. The lowest BCUT2D eigenvalue weighted by molar-refractivity contribution is -0.137. The molecule has 1 aliphatic heterocycles. The molecule has 0 atom stereocenters. The van der Waals surface area contributed by atoms with Crippen LogP contribution in [0, 0.1) is 0 Å². The number of carbonyl (C=O) groups is 2. The molecule has 3 rings (SSSR count). The van der Waals surface area contributed by atoms with Crippen LogP contribution in [0.3, 0.4) is 0 Å². The molecule has 0 bridgehead atoms. The van der Waals surface area contributed by atoms with Crippen LogP contribution >= 0.6 is 11.3 Å². The fourth-order valence-corrected chi connectivity index (χ4v) is 3.52. The summed E-state index contributed by atoms with van der Waals surface area (Å²) in [5.74, 6) is 0.422. The zero-order chi connectivity index (χ0) is 19.4. The van der Waals surface area contributed by atoms with Crippen LogP contribution in [0.2, 0.25) is 0 Å². The van der Waals surface area contributed by atoms with E-state index in [4.69, 9.17) is 14.2 Å². The van der Waals surface area contributed by atoms with Gasteiger partial charge >= 0.3 is 0 Å². The fourth-order valence-electron chi connectivity index (χ4n) is 2.75. The van der Waals surface area contributed by atoms with Gasteiger partial charge in [0.1, 0.15) is 17.2 Å². The number of nitrogens with one attached hydrogen (secondary N) is 1. The van der Waals surface area contributed by atoms with E-state index in [0.29, 0.717) is 22.8 Å². The SMILES string of the molecule is COCCN1C(=O)C(Nc2cc(OC)cc(OC)c2)=C(c2cccs2)C1=O. The smallest absolute Gasteiger partial charge is 0.278 e. The van der Waals surface area contributed by atoms with E-state index >= 15 is 0 Å². The van der Waals surface area contributed by atoms with Crippen molar-refractivity contribution in [2.24, 2.45) is 0 Å². The first-order valence-electron chi connectivity index (χ1n) is 8.22. The predicted molar refractivity (Wildman–Crippen MR) is 103 cm³/mol. The van der Waals surface area contributed by atoms with Gasteiger partial charge in [-0.05, 0) is 11.4 Å². The van der Waals surface area contributed by atoms with Gasteiger partial charge in [0.25, 0.3) is 11.8 Å². The van der Waals surface area contributed by atoms with Crippen LogP contribution in [0.1, 0.15) is 4.88 Å². The first kappa shape index (κ1) is 18.9. The Morgan fingerprint density at radius 1 is 1.04 bits per heavy atom. The third-order valence-electron chi connectivity index (χ3n) is 4.08. The summed E-state index contributed by atoms with van der Waals surface area (Å²) in [5, 5.41) is 4.95. The number of thiophene rings is 1. The average molecular weight is 388 g/mol. The van der Waals surface area contributed by atoms with Gasteiger partial charge in [0.05, 0.1) is 32.9 Å². The second kappa shape index (κ2) is 8.24. The number of benzene rings is 1. The Labute approximate surface area is 161 Å². The van der Waals surface area contributed by atoms with Gasteiger partial charge < -0.3 is 19.5 Å². The molecule has 1 aliphatic rings. The number of ether oxygens (including phenoxy) is 3. The topological polar surface area (TPSA) is 77.1 Å². The second-order valence-corrected chi connectivity index (χ2v) is 6.66. The van der Waals surface area contributed by atoms with Crippen LogP contribution in [0.5, 0.6) is 11.5 Å². The highest BCUT2D eigenvalue weighted by atomic mass is 32.1. The number of nitrogens with zero attached hydrogens (tertiary/aromatic N) is 1. The van der Waals surface area contributed by atoms with Crippen molar-refractivity contribution in [1.29, 1.82) is 0 Å². The molecule has 1 aromatic carbocycles. The van der Waals surface area contributed by atoms with Crippen molar-refractivity contribution in [3.63, 3.8) is 0 Å². The molecule has 2 amide bonds. The Morgan fingerprint density at radius 2 is 1.74 bits per heavy atom. The highest BCUT2D eigenvalue weighted by Gasteiger charge is 2.39. The molecule has 0 saturated carbocycles. The molecular formula is C19H20N2O5S. The number of rotatable bonds is 8. The van der Waals surface area contributed by atoms with Crippen molar-refractivity contribution >= 4 is 34.4 Å². The maximum atomic E-state index is 12.9. The van der Waals surface area contributed by atoms with Crippen LogP contribution in [-0.4, -0.2) is 51.2 Å². The van der Waals surface area contributed by atoms with Gasteiger partial charge in [-0.2, -0.15) is 0 Å². The first-order chi connectivity index (χ1) is 13.1. The van der Waals surface area contributed by atoms with Crippen LogP contribution in [-0.2, 0) is 14.3 Å². The highest BCUT2D eigenvalue weighted by Crippen LogP contribution is 2.34. The lowest BCUT2D eigenvalue weighted by atomic mass is 10.2. The standard InChI is InChI=1S/C19H20N2O5S/c1-24-7-6-21-18(22)16(15-5-4-8-27-15)17(19(21)23)20-12-9-13(25-2)11-14(10-12)26-3/h4-5,8-11,20H,6-7H2,1-3H3. The van der Waals surface area contributed by atoms with Crippen molar-refractivity contribution < 1.29 is 23.8 Å². The molecule has 142 valence electrons. The van der Waals surface area contributed by atoms with Crippen molar-refractivity contribution in [3.8, 4) is 11.5 Å². The largest absolute Gasteiger partial charge is 0.497 e. The molecule has 27 heavy (non-hydrogen) atoms. The van der Waals surface area contributed by atoms with E-state index in [-0.39, 0.29) is 30.7 Å². The van der Waals surface area contributed by atoms with Gasteiger partial charge in [0, 0.05) is 35.9 Å². The van der Waals surface area contributed by atoms with E-state index in [2.05, 4.69) is 5.32 Å². The molecule has 0 aliphatic carbocycles. The van der Waals surface area contributed by atoms with Crippen molar-refractivity contribution in [1.82, 2.24) is 4.90 Å². The summed E-state index contributed by atoms with van der Waals surface area (Å²) < 4.78 is 15.6. The van der Waals surface area contributed by atoms with Crippen LogP contribution in [0.15, 0.2) is 41.4 Å². The quantitative estimate of drug-likeness (QED) is 0.701. The number of methoxy groups -OCH3 is 3. The highest BCUT2D eigenvalue weighted by molar-refractivity contribution is 7.11. The summed E-state index contributed by atoms with van der Waals surface area (Å²) in [5.41, 5.74) is 1.17. The maximum Gasteiger partial charge on any atom is 0.278 e. The predicted octanol–water partition coefficient (Wildman–Crippen LogP) is 2.60. The minimum Gasteiger partial charge on any atom is -0.497 e. The van der Waals surface area contributed by atoms with E-state index in [1.807, 2.05) is 17.5 Å². The van der Waals surface area contributed by atoms with E-state index in [1.165, 1.54) is 23.3 Å². The summed E-state index contributed by atoms with van der Waals surface area (Å²) in [7, 11) is 4.62. The third-order valence-corrected chi connectivity index (χ3v) is 4.96. The van der Waals surface area contributed by atoms with Crippen molar-refractivity contribution in [2.45, 2.75) is 0 Å². The molecule has 1 aromatic heterocycles. The van der Waals surface area contributed by atoms with Crippen molar-refractivity contribution in [2.75, 3.05) is 39.8 Å². The van der Waals surface area contributed by atoms with Crippen LogP contribution < -0.4 is 14.8 Å². The molecule has 1 N–H and O–H groups in total. The van der Waals surface area contributed by atoms with Gasteiger partial charge in [-0.1, -0.05) is 6.07 Å². The minimum atomic E-state index is -0.387. The summed E-state index contributed by atoms with van der Waals surface area (Å²) >= 11 is 1.40. The monoisotopic (exact) mass is 388 g/mol. The molecule has 2 heterocycles. The van der Waals surface area contributed by atoms with E-state index in [0.717, 1.165) is 4.88 Å². The molecule has 0 fully saturated rings. The van der Waals surface area contributed by atoms with Crippen LogP contribution in [0.25, 0.3) is 5.57 Å². The maximum absolute atomic E-state index is 12.9. The molecule has 0 saturated heterocycles. The Morgan fingerprint density at radius 3 is 2.30 bits per heavy atom. The average Bonchev–Trinajstić information content (AvgIpc) is 3.28. The second-order valence-electron chi connectivity index (χ2n) is 5.71. The minimum absolute atomic E-state index is 0.190. The summed E-state index contributed by atoms with van der Waals surface area (Å²) in [6.07, 6.45) is 0. The lowest BCUT2D eigenvalue weighted by Gasteiger charge is -2.15. The molecule has 0 spiro atoms. The number of anilines is 1. The normalized spacial score (nSPS) is 14.1. The Bertz CT molecular complexity index is 854. The number of imide groups is 1. The van der Waals surface area contributed by atoms with Crippen LogP contribution in [0.4, 0.5) is 5.69 Å². The lowest BCUT2D eigenvalue weighted by Crippen LogP contribution is -2.35. The zero-order valence-corrected chi connectivity index (χ0v) is 16.1. The number of hydrogen-bond donors (Lipinski definition) is 1. The Balaban J connectivity index is 2.01. The third kappa shape index (κ3) is 3.81. The Kier molecular flexibility index (Phi) is 5.78. The van der Waals surface area contributed by atoms with Gasteiger partial charge in [-0.3, -0.25) is 14.5 Å². The van der Waals surface area contributed by atoms with E-state index < -0.39 is 0 Å².